The van der Waals surface area contributed by atoms with Crippen LogP contribution in [0.2, 0.25) is 5.15 Å². The number of carbonyl (C=O) groups excluding carboxylic acids is 1. The van der Waals surface area contributed by atoms with Gasteiger partial charge in [0.25, 0.3) is 5.91 Å². The van der Waals surface area contributed by atoms with E-state index in [-0.39, 0.29) is 5.91 Å². The second-order valence-corrected chi connectivity index (χ2v) is 6.28. The Labute approximate surface area is 134 Å². The van der Waals surface area contributed by atoms with E-state index in [1.54, 1.807) is 23.9 Å². The smallest absolute Gasteiger partial charge is 0.252 e. The topological polar surface area (TPSA) is 42.0 Å². The van der Waals surface area contributed by atoms with Gasteiger partial charge in [-0.3, -0.25) is 4.79 Å². The number of aryl methyl sites for hydroxylation is 2. The van der Waals surface area contributed by atoms with Crippen molar-refractivity contribution >= 4 is 29.3 Å². The molecule has 5 heteroatoms. The first kappa shape index (κ1) is 15.9. The van der Waals surface area contributed by atoms with E-state index in [1.165, 1.54) is 22.2 Å². The number of aromatic nitrogens is 1. The Morgan fingerprint density at radius 3 is 2.71 bits per heavy atom. The van der Waals surface area contributed by atoms with E-state index in [9.17, 15) is 4.79 Å². The number of rotatable bonds is 5. The third kappa shape index (κ3) is 4.76. The maximum absolute atomic E-state index is 11.9. The zero-order valence-electron chi connectivity index (χ0n) is 12.0. The first-order valence-electron chi connectivity index (χ1n) is 6.66. The zero-order valence-corrected chi connectivity index (χ0v) is 13.6. The Morgan fingerprint density at radius 2 is 2.05 bits per heavy atom. The van der Waals surface area contributed by atoms with Gasteiger partial charge in [-0.2, -0.15) is 0 Å². The van der Waals surface area contributed by atoms with Crippen molar-refractivity contribution in [2.45, 2.75) is 18.7 Å². The molecule has 1 aromatic carbocycles. The van der Waals surface area contributed by atoms with Crippen molar-refractivity contribution in [2.24, 2.45) is 0 Å². The van der Waals surface area contributed by atoms with Gasteiger partial charge < -0.3 is 5.32 Å². The van der Waals surface area contributed by atoms with Crippen LogP contribution in [0.25, 0.3) is 0 Å². The van der Waals surface area contributed by atoms with Crippen molar-refractivity contribution in [1.82, 2.24) is 10.3 Å². The summed E-state index contributed by atoms with van der Waals surface area (Å²) < 4.78 is 0. The highest BCUT2D eigenvalue weighted by Crippen LogP contribution is 2.20. The predicted molar refractivity (Wildman–Crippen MR) is 88.2 cm³/mol. The molecule has 0 bridgehead atoms. The second-order valence-electron chi connectivity index (χ2n) is 4.72. The van der Waals surface area contributed by atoms with Crippen LogP contribution in [0.4, 0.5) is 0 Å². The van der Waals surface area contributed by atoms with Crippen LogP contribution in [0.5, 0.6) is 0 Å². The normalized spacial score (nSPS) is 10.4. The molecule has 0 spiro atoms. The van der Waals surface area contributed by atoms with Gasteiger partial charge in [-0.1, -0.05) is 17.7 Å². The Morgan fingerprint density at radius 1 is 1.24 bits per heavy atom. The minimum Gasteiger partial charge on any atom is -0.351 e. The number of nitrogens with one attached hydrogen (secondary N) is 1. The number of thioether (sulfide) groups is 1. The molecule has 1 N–H and O–H groups in total. The third-order valence-electron chi connectivity index (χ3n) is 3.12. The summed E-state index contributed by atoms with van der Waals surface area (Å²) in [5.74, 6) is 0.703. The number of pyridine rings is 1. The second kappa shape index (κ2) is 7.48. The lowest BCUT2D eigenvalue weighted by atomic mass is 10.1. The van der Waals surface area contributed by atoms with Crippen LogP contribution in [0, 0.1) is 13.8 Å². The molecule has 0 unspecified atom stereocenters. The monoisotopic (exact) mass is 320 g/mol. The van der Waals surface area contributed by atoms with E-state index in [0.29, 0.717) is 17.3 Å². The van der Waals surface area contributed by atoms with Gasteiger partial charge in [-0.15, -0.1) is 11.8 Å². The molecule has 110 valence electrons. The summed E-state index contributed by atoms with van der Waals surface area (Å²) in [4.78, 5) is 17.0. The van der Waals surface area contributed by atoms with Crippen LogP contribution in [0.3, 0.4) is 0 Å². The Kier molecular flexibility index (Phi) is 5.65. The molecule has 0 aliphatic heterocycles. The molecule has 1 amide bonds. The molecule has 0 atom stereocenters. The van der Waals surface area contributed by atoms with Crippen LogP contribution in [-0.4, -0.2) is 23.2 Å². The summed E-state index contributed by atoms with van der Waals surface area (Å²) in [7, 11) is 0. The van der Waals surface area contributed by atoms with E-state index >= 15 is 0 Å². The summed E-state index contributed by atoms with van der Waals surface area (Å²) in [6, 6.07) is 9.68. The fourth-order valence-corrected chi connectivity index (χ4v) is 2.73. The Balaban J connectivity index is 1.77. The standard InChI is InChI=1S/C16H17ClN2OS/c1-11-3-5-14(9-12(11)2)21-8-7-18-16(20)13-4-6-15(17)19-10-13/h3-6,9-10H,7-8H2,1-2H3,(H,18,20). The molecule has 0 aliphatic rings. The largest absolute Gasteiger partial charge is 0.351 e. The Hall–Kier alpha value is -1.52. The highest BCUT2D eigenvalue weighted by Gasteiger charge is 2.05. The third-order valence-corrected chi connectivity index (χ3v) is 4.34. The van der Waals surface area contributed by atoms with Gasteiger partial charge in [0, 0.05) is 23.4 Å². The van der Waals surface area contributed by atoms with E-state index < -0.39 is 0 Å². The maximum Gasteiger partial charge on any atom is 0.252 e. The molecule has 21 heavy (non-hydrogen) atoms. The molecule has 0 saturated heterocycles. The van der Waals surface area contributed by atoms with Gasteiger partial charge >= 0.3 is 0 Å². The van der Waals surface area contributed by atoms with Gasteiger partial charge in [-0.25, -0.2) is 4.98 Å². The van der Waals surface area contributed by atoms with Gasteiger partial charge in [0.1, 0.15) is 5.15 Å². The summed E-state index contributed by atoms with van der Waals surface area (Å²) in [5, 5.41) is 3.26. The van der Waals surface area contributed by atoms with E-state index in [0.717, 1.165) is 5.75 Å². The minimum absolute atomic E-state index is 0.125. The molecule has 1 heterocycles. The van der Waals surface area contributed by atoms with E-state index in [1.807, 2.05) is 0 Å². The van der Waals surface area contributed by atoms with Gasteiger partial charge in [0.2, 0.25) is 0 Å². The van der Waals surface area contributed by atoms with E-state index in [4.69, 9.17) is 11.6 Å². The van der Waals surface area contributed by atoms with Crippen molar-refractivity contribution in [2.75, 3.05) is 12.3 Å². The van der Waals surface area contributed by atoms with Crippen molar-refractivity contribution in [1.29, 1.82) is 0 Å². The summed E-state index contributed by atoms with van der Waals surface area (Å²) in [5.41, 5.74) is 3.11. The summed E-state index contributed by atoms with van der Waals surface area (Å²) >= 11 is 7.42. The first-order valence-corrected chi connectivity index (χ1v) is 8.02. The van der Waals surface area contributed by atoms with Crippen molar-refractivity contribution in [3.05, 3.63) is 58.4 Å². The molecule has 0 aliphatic carbocycles. The van der Waals surface area contributed by atoms with Crippen molar-refractivity contribution in [3.63, 3.8) is 0 Å². The summed E-state index contributed by atoms with van der Waals surface area (Å²) in [6.45, 7) is 4.82. The highest BCUT2D eigenvalue weighted by molar-refractivity contribution is 7.99. The molecule has 1 aromatic heterocycles. The molecular formula is C16H17ClN2OS. The number of benzene rings is 1. The number of carbonyl (C=O) groups is 1. The van der Waals surface area contributed by atoms with Gasteiger partial charge in [0.05, 0.1) is 5.56 Å². The SMILES string of the molecule is Cc1ccc(SCCNC(=O)c2ccc(Cl)nc2)cc1C. The molecule has 0 fully saturated rings. The highest BCUT2D eigenvalue weighted by atomic mass is 35.5. The average molecular weight is 321 g/mol. The van der Waals surface area contributed by atoms with Gasteiger partial charge in [0.15, 0.2) is 0 Å². The quantitative estimate of drug-likeness (QED) is 0.516. The first-order chi connectivity index (χ1) is 10.1. The van der Waals surface area contributed by atoms with Crippen LogP contribution in [0.1, 0.15) is 21.5 Å². The number of hydrogen-bond acceptors (Lipinski definition) is 3. The molecule has 0 saturated carbocycles. The van der Waals surface area contributed by atoms with Crippen LogP contribution < -0.4 is 5.32 Å². The lowest BCUT2D eigenvalue weighted by molar-refractivity contribution is 0.0956. The number of nitrogens with zero attached hydrogens (tertiary/aromatic N) is 1. The molecule has 3 nitrogen and oxygen atoms in total. The molecule has 2 aromatic rings. The maximum atomic E-state index is 11.9. The zero-order chi connectivity index (χ0) is 15.2. The lowest BCUT2D eigenvalue weighted by Crippen LogP contribution is -2.25. The minimum atomic E-state index is -0.125. The lowest BCUT2D eigenvalue weighted by Gasteiger charge is -2.07. The molecule has 0 radical (unpaired) electrons. The van der Waals surface area contributed by atoms with Crippen molar-refractivity contribution < 1.29 is 4.79 Å². The Bertz CT molecular complexity index is 629. The summed E-state index contributed by atoms with van der Waals surface area (Å²) in [6.07, 6.45) is 1.48. The van der Waals surface area contributed by atoms with Crippen molar-refractivity contribution in [3.8, 4) is 0 Å². The predicted octanol–water partition coefficient (Wildman–Crippen LogP) is 3.87. The van der Waals surface area contributed by atoms with Crippen LogP contribution in [0.15, 0.2) is 41.4 Å². The van der Waals surface area contributed by atoms with E-state index in [2.05, 4.69) is 42.3 Å². The van der Waals surface area contributed by atoms with Crippen LogP contribution >= 0.6 is 23.4 Å². The number of halogens is 1. The molecule has 2 rings (SSSR count). The van der Waals surface area contributed by atoms with Gasteiger partial charge in [-0.05, 0) is 49.2 Å². The fraction of sp³-hybridized carbons (Fsp3) is 0.250. The average Bonchev–Trinajstić information content (AvgIpc) is 2.47. The molecular weight excluding hydrogens is 304 g/mol. The fourth-order valence-electron chi connectivity index (χ4n) is 1.75. The number of amides is 1. The van der Waals surface area contributed by atoms with Crippen LogP contribution in [-0.2, 0) is 0 Å². The number of hydrogen-bond donors (Lipinski definition) is 1.